The van der Waals surface area contributed by atoms with E-state index in [0.29, 0.717) is 13.0 Å². The molecule has 5 heteroatoms. The first-order valence-electron chi connectivity index (χ1n) is 10.3. The van der Waals surface area contributed by atoms with E-state index in [1.165, 1.54) is 11.3 Å². The number of amides is 1. The zero-order valence-corrected chi connectivity index (χ0v) is 17.6. The summed E-state index contributed by atoms with van der Waals surface area (Å²) >= 11 is 0. The highest BCUT2D eigenvalue weighted by atomic mass is 16.2. The van der Waals surface area contributed by atoms with Crippen LogP contribution in [0.2, 0.25) is 0 Å². The first-order chi connectivity index (χ1) is 14.1. The molecule has 1 saturated heterocycles. The van der Waals surface area contributed by atoms with Crippen LogP contribution in [-0.4, -0.2) is 69.1 Å². The van der Waals surface area contributed by atoms with Crippen molar-refractivity contribution in [3.63, 3.8) is 0 Å². The number of carbonyl (C=O) groups excluding carboxylic acids is 1. The normalized spacial score (nSPS) is 14.9. The summed E-state index contributed by atoms with van der Waals surface area (Å²) in [5, 5.41) is 3.35. The highest BCUT2D eigenvalue weighted by Gasteiger charge is 2.19. The summed E-state index contributed by atoms with van der Waals surface area (Å²) < 4.78 is 0. The molecule has 1 heterocycles. The van der Waals surface area contributed by atoms with Gasteiger partial charge >= 0.3 is 0 Å². The second-order valence-corrected chi connectivity index (χ2v) is 7.61. The number of nitrogens with zero attached hydrogens (tertiary/aromatic N) is 3. The number of anilines is 2. The van der Waals surface area contributed by atoms with Crippen molar-refractivity contribution in [3.05, 3.63) is 66.2 Å². The summed E-state index contributed by atoms with van der Waals surface area (Å²) in [4.78, 5) is 18.9. The van der Waals surface area contributed by atoms with Gasteiger partial charge in [0.2, 0.25) is 5.91 Å². The molecule has 1 aliphatic heterocycles. The van der Waals surface area contributed by atoms with E-state index in [9.17, 15) is 4.79 Å². The van der Waals surface area contributed by atoms with E-state index in [1.54, 1.807) is 0 Å². The number of benzene rings is 2. The van der Waals surface area contributed by atoms with Gasteiger partial charge in [0.05, 0.1) is 0 Å². The summed E-state index contributed by atoms with van der Waals surface area (Å²) in [5.41, 5.74) is 3.45. The molecule has 2 aromatic carbocycles. The van der Waals surface area contributed by atoms with E-state index in [0.717, 1.165) is 38.4 Å². The van der Waals surface area contributed by atoms with Gasteiger partial charge in [-0.2, -0.15) is 0 Å². The highest BCUT2D eigenvalue weighted by molar-refractivity contribution is 5.77. The molecule has 0 atom stereocenters. The third-order valence-corrected chi connectivity index (χ3v) is 5.25. The van der Waals surface area contributed by atoms with E-state index in [1.807, 2.05) is 25.1 Å². The fraction of sp³-hybridized carbons (Fsp3) is 0.375. The van der Waals surface area contributed by atoms with Crippen LogP contribution in [0.4, 0.5) is 11.4 Å². The van der Waals surface area contributed by atoms with Crippen LogP contribution in [0.5, 0.6) is 0 Å². The van der Waals surface area contributed by atoms with Gasteiger partial charge in [-0.1, -0.05) is 42.5 Å². The van der Waals surface area contributed by atoms with Gasteiger partial charge in [-0.15, -0.1) is 0 Å². The van der Waals surface area contributed by atoms with Crippen LogP contribution in [0.15, 0.2) is 60.7 Å². The van der Waals surface area contributed by atoms with Gasteiger partial charge in [0.25, 0.3) is 0 Å². The van der Waals surface area contributed by atoms with Crippen molar-refractivity contribution in [1.82, 2.24) is 9.80 Å². The molecule has 0 unspecified atom stereocenters. The SMILES string of the molecule is CN(C)c1ccc(NCCC(=O)N2CCN(C/C=C/c3ccccc3)CC2)cc1. The molecule has 2 aromatic rings. The van der Waals surface area contributed by atoms with Crippen molar-refractivity contribution in [2.24, 2.45) is 0 Å². The molecule has 5 nitrogen and oxygen atoms in total. The van der Waals surface area contributed by atoms with Gasteiger partial charge in [0.1, 0.15) is 0 Å². The zero-order valence-electron chi connectivity index (χ0n) is 17.6. The number of rotatable bonds is 8. The van der Waals surface area contributed by atoms with Crippen molar-refractivity contribution in [2.45, 2.75) is 6.42 Å². The van der Waals surface area contributed by atoms with Crippen molar-refractivity contribution >= 4 is 23.4 Å². The van der Waals surface area contributed by atoms with E-state index in [4.69, 9.17) is 0 Å². The molecule has 29 heavy (non-hydrogen) atoms. The quantitative estimate of drug-likeness (QED) is 0.747. The molecule has 3 rings (SSSR count). The third-order valence-electron chi connectivity index (χ3n) is 5.25. The van der Waals surface area contributed by atoms with Gasteiger partial charge in [-0.05, 0) is 29.8 Å². The predicted molar refractivity (Wildman–Crippen MR) is 122 cm³/mol. The molecule has 0 aromatic heterocycles. The summed E-state index contributed by atoms with van der Waals surface area (Å²) in [6.07, 6.45) is 4.90. The van der Waals surface area contributed by atoms with Crippen LogP contribution in [0, 0.1) is 0 Å². The Labute approximate surface area is 174 Å². The molecule has 0 saturated carbocycles. The lowest BCUT2D eigenvalue weighted by Crippen LogP contribution is -2.48. The van der Waals surface area contributed by atoms with Crippen LogP contribution in [0.3, 0.4) is 0 Å². The summed E-state index contributed by atoms with van der Waals surface area (Å²) in [7, 11) is 4.06. The Morgan fingerprint density at radius 2 is 1.69 bits per heavy atom. The summed E-state index contributed by atoms with van der Waals surface area (Å²) in [5.74, 6) is 0.238. The van der Waals surface area contributed by atoms with Gasteiger partial charge in [0, 0.05) is 71.2 Å². The monoisotopic (exact) mass is 392 g/mol. The number of carbonyl (C=O) groups is 1. The largest absolute Gasteiger partial charge is 0.385 e. The van der Waals surface area contributed by atoms with Gasteiger partial charge in [0.15, 0.2) is 0 Å². The zero-order chi connectivity index (χ0) is 20.5. The Morgan fingerprint density at radius 3 is 2.34 bits per heavy atom. The van der Waals surface area contributed by atoms with Crippen LogP contribution < -0.4 is 10.2 Å². The van der Waals surface area contributed by atoms with Gasteiger partial charge in [-0.3, -0.25) is 9.69 Å². The van der Waals surface area contributed by atoms with Crippen molar-refractivity contribution in [3.8, 4) is 0 Å². The third kappa shape index (κ3) is 6.64. The molecule has 1 amide bonds. The second kappa shape index (κ2) is 10.7. The van der Waals surface area contributed by atoms with E-state index in [2.05, 4.69) is 75.8 Å². The number of piperazine rings is 1. The fourth-order valence-electron chi connectivity index (χ4n) is 3.43. The number of nitrogens with one attached hydrogen (secondary N) is 1. The first-order valence-corrected chi connectivity index (χ1v) is 10.3. The highest BCUT2D eigenvalue weighted by Crippen LogP contribution is 2.15. The maximum absolute atomic E-state index is 12.5. The molecule has 0 spiro atoms. The Hall–Kier alpha value is -2.79. The Morgan fingerprint density at radius 1 is 1.00 bits per heavy atom. The van der Waals surface area contributed by atoms with Crippen molar-refractivity contribution in [1.29, 1.82) is 0 Å². The Balaban J connectivity index is 1.34. The maximum atomic E-state index is 12.5. The summed E-state index contributed by atoms with van der Waals surface area (Å²) in [6, 6.07) is 18.6. The minimum absolute atomic E-state index is 0.238. The Bertz CT molecular complexity index is 778. The molecule has 1 N–H and O–H groups in total. The molecule has 1 aliphatic rings. The van der Waals surface area contributed by atoms with E-state index in [-0.39, 0.29) is 5.91 Å². The van der Waals surface area contributed by atoms with Crippen molar-refractivity contribution in [2.75, 3.05) is 63.6 Å². The molecule has 1 fully saturated rings. The van der Waals surface area contributed by atoms with Gasteiger partial charge < -0.3 is 15.1 Å². The molecule has 0 aliphatic carbocycles. The van der Waals surface area contributed by atoms with Crippen LogP contribution in [-0.2, 0) is 4.79 Å². The van der Waals surface area contributed by atoms with Gasteiger partial charge in [-0.25, -0.2) is 0 Å². The predicted octanol–water partition coefficient (Wildman–Crippen LogP) is 3.41. The van der Waals surface area contributed by atoms with Crippen molar-refractivity contribution < 1.29 is 4.79 Å². The minimum atomic E-state index is 0.238. The number of hydrogen-bond acceptors (Lipinski definition) is 4. The van der Waals surface area contributed by atoms with Crippen LogP contribution in [0.25, 0.3) is 6.08 Å². The smallest absolute Gasteiger partial charge is 0.224 e. The Kier molecular flexibility index (Phi) is 7.70. The standard InChI is InChI=1S/C24H32N4O/c1-26(2)23-12-10-22(11-13-23)25-15-14-24(29)28-19-17-27(18-20-28)16-6-9-21-7-4-3-5-8-21/h3-13,25H,14-20H2,1-2H3/b9-6+. The number of hydrogen-bond donors (Lipinski definition) is 1. The molecular formula is C24H32N4O. The summed E-state index contributed by atoms with van der Waals surface area (Å²) in [6.45, 7) is 5.10. The van der Waals surface area contributed by atoms with E-state index >= 15 is 0 Å². The average Bonchev–Trinajstić information content (AvgIpc) is 2.75. The van der Waals surface area contributed by atoms with Crippen LogP contribution in [0.1, 0.15) is 12.0 Å². The molecular weight excluding hydrogens is 360 g/mol. The lowest BCUT2D eigenvalue weighted by molar-refractivity contribution is -0.132. The fourth-order valence-corrected chi connectivity index (χ4v) is 3.43. The lowest BCUT2D eigenvalue weighted by atomic mass is 10.2. The second-order valence-electron chi connectivity index (χ2n) is 7.61. The molecule has 0 bridgehead atoms. The lowest BCUT2D eigenvalue weighted by Gasteiger charge is -2.34. The van der Waals surface area contributed by atoms with Crippen LogP contribution >= 0.6 is 0 Å². The topological polar surface area (TPSA) is 38.8 Å². The molecule has 154 valence electrons. The average molecular weight is 393 g/mol. The minimum Gasteiger partial charge on any atom is -0.385 e. The van der Waals surface area contributed by atoms with E-state index < -0.39 is 0 Å². The molecule has 0 radical (unpaired) electrons. The first kappa shape index (κ1) is 20.9. The maximum Gasteiger partial charge on any atom is 0.224 e.